The zero-order valence-corrected chi connectivity index (χ0v) is 23.7. The van der Waals surface area contributed by atoms with E-state index in [0.717, 1.165) is 33.9 Å². The number of ether oxygens (including phenoxy) is 1. The Morgan fingerprint density at radius 1 is 1.08 bits per heavy atom. The van der Waals surface area contributed by atoms with Crippen LogP contribution in [0.4, 0.5) is 5.69 Å². The van der Waals surface area contributed by atoms with Crippen LogP contribution in [0.1, 0.15) is 42.4 Å². The Hall–Kier alpha value is -4.24. The van der Waals surface area contributed by atoms with Crippen molar-refractivity contribution in [3.63, 3.8) is 0 Å². The smallest absolute Gasteiger partial charge is 0.338 e. The Labute approximate surface area is 230 Å². The van der Waals surface area contributed by atoms with E-state index in [1.165, 1.54) is 11.3 Å². The Morgan fingerprint density at radius 3 is 2.41 bits per heavy atom. The predicted molar refractivity (Wildman–Crippen MR) is 154 cm³/mol. The van der Waals surface area contributed by atoms with Gasteiger partial charge in [-0.3, -0.25) is 9.36 Å². The molecule has 0 saturated heterocycles. The molecule has 200 valence electrons. The standard InChI is InChI=1S/C30H31N5O3S/c1-7-38-29(37)26-19(3)31-30-34(27(26)21-13-15-22(16-14-21)33(5)6)28(36)25(39-30)17-24-18(2)32-35(20(24)4)23-11-9-8-10-12-23/h8-17,27H,7H2,1-6H3/b25-17-. The summed E-state index contributed by atoms with van der Waals surface area (Å²) in [5.74, 6) is -0.467. The number of anilines is 1. The fraction of sp³-hybridized carbons (Fsp3) is 0.267. The molecule has 0 saturated carbocycles. The van der Waals surface area contributed by atoms with Crippen molar-refractivity contribution >= 4 is 29.1 Å². The lowest BCUT2D eigenvalue weighted by Crippen LogP contribution is -2.40. The van der Waals surface area contributed by atoms with E-state index in [1.54, 1.807) is 18.4 Å². The van der Waals surface area contributed by atoms with E-state index in [9.17, 15) is 9.59 Å². The van der Waals surface area contributed by atoms with Gasteiger partial charge in [0.1, 0.15) is 0 Å². The summed E-state index contributed by atoms with van der Waals surface area (Å²) in [6.07, 6.45) is 1.89. The summed E-state index contributed by atoms with van der Waals surface area (Å²) in [4.78, 5) is 34.3. The number of fused-ring (bicyclic) bond motifs is 1. The van der Waals surface area contributed by atoms with Crippen LogP contribution in [0, 0.1) is 13.8 Å². The zero-order valence-electron chi connectivity index (χ0n) is 22.9. The van der Waals surface area contributed by atoms with Crippen LogP contribution in [0.25, 0.3) is 11.8 Å². The number of aryl methyl sites for hydroxylation is 1. The maximum absolute atomic E-state index is 14.0. The number of rotatable bonds is 6. The minimum Gasteiger partial charge on any atom is -0.463 e. The number of para-hydroxylation sites is 1. The largest absolute Gasteiger partial charge is 0.463 e. The summed E-state index contributed by atoms with van der Waals surface area (Å²) in [5.41, 5.74) is 6.14. The molecule has 0 amide bonds. The summed E-state index contributed by atoms with van der Waals surface area (Å²) in [5, 5.41) is 4.73. The van der Waals surface area contributed by atoms with E-state index in [1.807, 2.05) is 98.2 Å². The van der Waals surface area contributed by atoms with Gasteiger partial charge in [-0.25, -0.2) is 14.5 Å². The van der Waals surface area contributed by atoms with Crippen LogP contribution in [0.15, 0.2) is 75.7 Å². The molecule has 0 aliphatic carbocycles. The lowest BCUT2D eigenvalue weighted by atomic mass is 9.95. The van der Waals surface area contributed by atoms with Crippen LogP contribution in [-0.2, 0) is 9.53 Å². The highest BCUT2D eigenvalue weighted by Gasteiger charge is 2.33. The molecular weight excluding hydrogens is 510 g/mol. The molecule has 3 heterocycles. The van der Waals surface area contributed by atoms with Crippen LogP contribution >= 0.6 is 11.3 Å². The van der Waals surface area contributed by atoms with Gasteiger partial charge in [0.15, 0.2) is 4.80 Å². The number of thiazole rings is 1. The lowest BCUT2D eigenvalue weighted by molar-refractivity contribution is -0.139. The van der Waals surface area contributed by atoms with E-state index in [2.05, 4.69) is 4.99 Å². The Balaban J connectivity index is 1.69. The third-order valence-corrected chi connectivity index (χ3v) is 7.85. The molecule has 0 bridgehead atoms. The number of carbonyl (C=O) groups is 1. The van der Waals surface area contributed by atoms with Crippen LogP contribution in [0.5, 0.6) is 0 Å². The highest BCUT2D eigenvalue weighted by atomic mass is 32.1. The average molecular weight is 542 g/mol. The van der Waals surface area contributed by atoms with Gasteiger partial charge in [-0.15, -0.1) is 0 Å². The Morgan fingerprint density at radius 2 is 1.77 bits per heavy atom. The van der Waals surface area contributed by atoms with Gasteiger partial charge in [0.25, 0.3) is 5.56 Å². The van der Waals surface area contributed by atoms with Gasteiger partial charge < -0.3 is 9.64 Å². The average Bonchev–Trinajstić information content (AvgIpc) is 3.38. The van der Waals surface area contributed by atoms with Crippen molar-refractivity contribution < 1.29 is 9.53 Å². The number of esters is 1. The summed E-state index contributed by atoms with van der Waals surface area (Å²) in [7, 11) is 3.94. The monoisotopic (exact) mass is 541 g/mol. The topological polar surface area (TPSA) is 81.7 Å². The Kier molecular flexibility index (Phi) is 7.10. The first-order valence-corrected chi connectivity index (χ1v) is 13.6. The zero-order chi connectivity index (χ0) is 27.8. The van der Waals surface area contributed by atoms with Gasteiger partial charge in [0.2, 0.25) is 0 Å². The van der Waals surface area contributed by atoms with Gasteiger partial charge in [0.05, 0.1) is 39.8 Å². The molecule has 0 spiro atoms. The SMILES string of the molecule is CCOC(=O)C1=C(C)N=c2s/c(=C\c3c(C)nn(-c4ccccc4)c3C)c(=O)n2C1c1ccc(N(C)C)cc1. The third kappa shape index (κ3) is 4.74. The van der Waals surface area contributed by atoms with Crippen molar-refractivity contribution in [1.82, 2.24) is 14.3 Å². The molecule has 2 aromatic heterocycles. The van der Waals surface area contributed by atoms with Crippen LogP contribution in [0.2, 0.25) is 0 Å². The summed E-state index contributed by atoms with van der Waals surface area (Å²) in [6.45, 7) is 7.73. The van der Waals surface area contributed by atoms with Gasteiger partial charge >= 0.3 is 5.97 Å². The molecule has 0 N–H and O–H groups in total. The fourth-order valence-electron chi connectivity index (χ4n) is 4.88. The summed E-state index contributed by atoms with van der Waals surface area (Å²) < 4.78 is 9.43. The van der Waals surface area contributed by atoms with Crippen molar-refractivity contribution in [2.24, 2.45) is 4.99 Å². The second-order valence-electron chi connectivity index (χ2n) is 9.62. The molecule has 1 atom stereocenters. The molecule has 1 aliphatic heterocycles. The molecule has 1 aliphatic rings. The Bertz CT molecular complexity index is 1760. The van der Waals surface area contributed by atoms with Gasteiger partial charge in [-0.1, -0.05) is 41.7 Å². The maximum atomic E-state index is 14.0. The van der Waals surface area contributed by atoms with Crippen molar-refractivity contribution in [3.8, 4) is 5.69 Å². The quantitative estimate of drug-likeness (QED) is 0.348. The first-order chi connectivity index (χ1) is 18.7. The second-order valence-corrected chi connectivity index (χ2v) is 10.6. The molecule has 39 heavy (non-hydrogen) atoms. The van der Waals surface area contributed by atoms with Gasteiger partial charge in [0, 0.05) is 31.0 Å². The molecular formula is C30H31N5O3S. The molecule has 9 heteroatoms. The number of hydrogen-bond acceptors (Lipinski definition) is 7. The molecule has 0 radical (unpaired) electrons. The number of carbonyl (C=O) groups excluding carboxylic acids is 1. The minimum absolute atomic E-state index is 0.207. The third-order valence-electron chi connectivity index (χ3n) is 6.87. The van der Waals surface area contributed by atoms with Gasteiger partial charge in [-0.2, -0.15) is 5.10 Å². The van der Waals surface area contributed by atoms with Crippen molar-refractivity contribution in [3.05, 3.63) is 108 Å². The summed E-state index contributed by atoms with van der Waals surface area (Å²) >= 11 is 1.31. The van der Waals surface area contributed by atoms with Crippen LogP contribution in [0.3, 0.4) is 0 Å². The van der Waals surface area contributed by atoms with E-state index in [-0.39, 0.29) is 12.2 Å². The van der Waals surface area contributed by atoms with E-state index in [0.29, 0.717) is 20.6 Å². The second kappa shape index (κ2) is 10.5. The number of nitrogens with zero attached hydrogens (tertiary/aromatic N) is 5. The van der Waals surface area contributed by atoms with Crippen molar-refractivity contribution in [1.29, 1.82) is 0 Å². The first kappa shape index (κ1) is 26.4. The number of allylic oxidation sites excluding steroid dienone is 1. The van der Waals surface area contributed by atoms with Gasteiger partial charge in [-0.05, 0) is 63.6 Å². The molecule has 0 fully saturated rings. The number of aromatic nitrogens is 3. The van der Waals surface area contributed by atoms with Crippen molar-refractivity contribution in [2.45, 2.75) is 33.7 Å². The molecule has 8 nitrogen and oxygen atoms in total. The first-order valence-electron chi connectivity index (χ1n) is 12.8. The van der Waals surface area contributed by atoms with E-state index < -0.39 is 12.0 Å². The highest BCUT2D eigenvalue weighted by Crippen LogP contribution is 2.31. The van der Waals surface area contributed by atoms with E-state index >= 15 is 0 Å². The minimum atomic E-state index is -0.645. The number of hydrogen-bond donors (Lipinski definition) is 0. The number of benzene rings is 2. The van der Waals surface area contributed by atoms with Crippen LogP contribution in [-0.4, -0.2) is 41.0 Å². The molecule has 5 rings (SSSR count). The molecule has 4 aromatic rings. The fourth-order valence-corrected chi connectivity index (χ4v) is 5.91. The maximum Gasteiger partial charge on any atom is 0.338 e. The highest BCUT2D eigenvalue weighted by molar-refractivity contribution is 7.07. The lowest BCUT2D eigenvalue weighted by Gasteiger charge is -2.25. The summed E-state index contributed by atoms with van der Waals surface area (Å²) in [6, 6.07) is 17.1. The molecule has 2 aromatic carbocycles. The van der Waals surface area contributed by atoms with Crippen molar-refractivity contribution in [2.75, 3.05) is 25.6 Å². The van der Waals surface area contributed by atoms with Crippen LogP contribution < -0.4 is 19.8 Å². The normalized spacial score (nSPS) is 15.2. The molecule has 1 unspecified atom stereocenters. The predicted octanol–water partition coefficient (Wildman–Crippen LogP) is 3.67. The van der Waals surface area contributed by atoms with E-state index in [4.69, 9.17) is 9.84 Å².